The van der Waals surface area contributed by atoms with Crippen LogP contribution in [0.3, 0.4) is 0 Å². The summed E-state index contributed by atoms with van der Waals surface area (Å²) in [5, 5.41) is 13.0. The van der Waals surface area contributed by atoms with Crippen molar-refractivity contribution >= 4 is 35.8 Å². The van der Waals surface area contributed by atoms with Gasteiger partial charge in [0.15, 0.2) is 74.4 Å². The second kappa shape index (κ2) is 42.5. The van der Waals surface area contributed by atoms with Crippen LogP contribution in [-0.2, 0) is 115 Å². The minimum atomic E-state index is -2.09. The molecule has 6 heterocycles. The maximum atomic E-state index is 15.7. The fourth-order valence-electron chi connectivity index (χ4n) is 16.0. The molecule has 0 aliphatic carbocycles. The van der Waals surface area contributed by atoms with Gasteiger partial charge in [-0.05, 0) is 89.5 Å². The Morgan fingerprint density at radius 2 is 0.531 bits per heavy atom. The Kier molecular flexibility index (Phi) is 29.1. The first-order valence-corrected chi connectivity index (χ1v) is 42.2. The molecule has 11 aromatic carbocycles. The first-order chi connectivity index (χ1) is 62.9. The van der Waals surface area contributed by atoms with Gasteiger partial charge in [0.05, 0.1) is 79.6 Å². The lowest BCUT2D eigenvalue weighted by atomic mass is 9.94. The molecule has 6 aliphatic rings. The number of aliphatic hydroxyl groups excluding tert-OH is 1. The van der Waals surface area contributed by atoms with Gasteiger partial charge >= 0.3 is 35.8 Å². The molecule has 6 saturated heterocycles. The number of carbonyl (C=O) groups excluding carboxylic acids is 6. The van der Waals surface area contributed by atoms with Crippen molar-refractivity contribution in [2.75, 3.05) is 26.4 Å². The number of fused-ring (bicyclic) bond motifs is 2. The highest BCUT2D eigenvalue weighted by Crippen LogP contribution is 2.45. The van der Waals surface area contributed by atoms with Crippen molar-refractivity contribution in [1.82, 2.24) is 0 Å². The predicted octanol–water partition coefficient (Wildman–Crippen LogP) is 13.6. The average molecular weight is 1740 g/mol. The number of rotatable bonds is 31. The van der Waals surface area contributed by atoms with E-state index in [4.69, 9.17) is 94.7 Å². The van der Waals surface area contributed by atoms with Crippen LogP contribution < -0.4 is 0 Å². The van der Waals surface area contributed by atoms with Crippen LogP contribution in [0.2, 0.25) is 0 Å². The zero-order chi connectivity index (χ0) is 87.5. The Morgan fingerprint density at radius 3 is 0.898 bits per heavy atom. The van der Waals surface area contributed by atoms with Crippen molar-refractivity contribution in [2.45, 2.75) is 155 Å². The molecule has 0 bridgehead atoms. The molecular weight excluding hydrogens is 1650 g/mol. The van der Waals surface area contributed by atoms with Gasteiger partial charge in [0.2, 0.25) is 0 Å². The Morgan fingerprint density at radius 1 is 0.266 bits per heavy atom. The van der Waals surface area contributed by atoms with Crippen molar-refractivity contribution in [3.8, 4) is 0 Å². The Hall–Kier alpha value is -12.4. The molecule has 0 saturated carbocycles. The highest BCUT2D eigenvalue weighted by molar-refractivity contribution is 5.92. The molecule has 6 fully saturated rings. The third-order valence-electron chi connectivity index (χ3n) is 22.4. The molecule has 11 aromatic rings. The fourth-order valence-corrected chi connectivity index (χ4v) is 16.0. The van der Waals surface area contributed by atoms with Gasteiger partial charge in [-0.15, -0.1) is 0 Å². The van der Waals surface area contributed by atoms with Crippen molar-refractivity contribution in [3.63, 3.8) is 0 Å². The summed E-state index contributed by atoms with van der Waals surface area (Å²) in [5.41, 5.74) is 3.54. The molecule has 27 heteroatoms. The quantitative estimate of drug-likeness (QED) is 0.0312. The van der Waals surface area contributed by atoms with Crippen LogP contribution in [0, 0.1) is 0 Å². The second-order valence-corrected chi connectivity index (χ2v) is 31.0. The molecule has 17 rings (SSSR count). The summed E-state index contributed by atoms with van der Waals surface area (Å²) in [6.07, 6.45) is -36.5. The van der Waals surface area contributed by atoms with Gasteiger partial charge in [-0.25, -0.2) is 28.8 Å². The van der Waals surface area contributed by atoms with E-state index >= 15 is 19.2 Å². The molecule has 27 nitrogen and oxygen atoms in total. The first kappa shape index (κ1) is 87.7. The van der Waals surface area contributed by atoms with E-state index in [1.807, 2.05) is 103 Å². The smallest absolute Gasteiger partial charge is 0.338 e. The molecule has 22 unspecified atom stereocenters. The maximum Gasteiger partial charge on any atom is 0.338 e. The monoisotopic (exact) mass is 1740 g/mol. The molecule has 6 aliphatic heterocycles. The third-order valence-corrected chi connectivity index (χ3v) is 22.4. The topological polar surface area (TPSA) is 307 Å². The van der Waals surface area contributed by atoms with Gasteiger partial charge in [-0.3, -0.25) is 0 Å². The summed E-state index contributed by atoms with van der Waals surface area (Å²) in [7, 11) is 0. The SMILES string of the molecule is O=C(OC1C(OC2C(COCc3ccccc3)OC(OC3C4OC(c5ccccc5)OCC4OC(OC4C(COCc5ccccc5)OC(OCc5ccccc5)C(OC(=O)c5ccccc5)C4OC(=O)c4ccccc4)C3OC(=O)c3ccccc3)C(OC(=O)c3ccccc3)C2OC(=O)c2ccccc2)OC2COC(c3ccccc3)OC2C1O)c1ccccc1. The standard InChI is InChI=1S/C101H92O27/c102-78-79-76(61-112-96(124-79)72-52-30-10-31-53-72)116-99(83(78)118-90(103)66-40-18-4-19-41-66)126-81-75(60-110-57-64-36-14-2-15-37-64)115-101(88(122-94(107)70-48-26-8-27-49-70)85(81)120-92(105)68-44-22-6-23-45-68)128-86-82-77(62-113-97(125-82)73-54-32-11-33-55-73)117-100(89(86)123-95(108)71-50-28-9-29-51-71)127-80-74(59-109-56-63-34-12-1-13-35-63)114-98(111-58-65-38-16-3-17-39-65)87(121-93(106)69-46-24-7-25-47-69)84(80)119-91(104)67-42-20-5-21-43-67/h1-55,74-89,96-102H,56-62H2. The van der Waals surface area contributed by atoms with Crippen molar-refractivity contribution in [2.24, 2.45) is 0 Å². The molecule has 0 spiro atoms. The van der Waals surface area contributed by atoms with Crippen molar-refractivity contribution in [3.05, 3.63) is 395 Å². The summed E-state index contributed by atoms with van der Waals surface area (Å²) in [4.78, 5) is 91.9. The zero-order valence-electron chi connectivity index (χ0n) is 69.0. The lowest BCUT2D eigenvalue weighted by Gasteiger charge is -2.53. The summed E-state index contributed by atoms with van der Waals surface area (Å²) in [6.45, 7) is -1.62. The van der Waals surface area contributed by atoms with Crippen LogP contribution >= 0.6 is 0 Å². The minimum absolute atomic E-state index is 0.000333. The predicted molar refractivity (Wildman–Crippen MR) is 453 cm³/mol. The molecule has 0 amide bonds. The number of hydrogen-bond acceptors (Lipinski definition) is 27. The van der Waals surface area contributed by atoms with E-state index in [1.54, 1.807) is 170 Å². The van der Waals surface area contributed by atoms with Crippen LogP contribution in [-0.4, -0.2) is 190 Å². The number of hydrogen-bond donors (Lipinski definition) is 1. The van der Waals surface area contributed by atoms with E-state index in [0.29, 0.717) is 22.3 Å². The van der Waals surface area contributed by atoms with Crippen LogP contribution in [0.5, 0.6) is 0 Å². The summed E-state index contributed by atoms with van der Waals surface area (Å²) < 4.78 is 138. The lowest BCUT2D eigenvalue weighted by molar-refractivity contribution is -0.411. The van der Waals surface area contributed by atoms with Crippen LogP contribution in [0.1, 0.15) is 103 Å². The highest BCUT2D eigenvalue weighted by Gasteiger charge is 2.63. The zero-order valence-corrected chi connectivity index (χ0v) is 69.0. The van der Waals surface area contributed by atoms with E-state index in [2.05, 4.69) is 0 Å². The average Bonchev–Trinajstić information content (AvgIpc) is 0.749. The number of benzene rings is 11. The highest BCUT2D eigenvalue weighted by atomic mass is 16.8. The Labute approximate surface area is 737 Å². The molecule has 22 atom stereocenters. The van der Waals surface area contributed by atoms with E-state index in [-0.39, 0.29) is 73.0 Å². The minimum Gasteiger partial charge on any atom is -0.452 e. The molecule has 0 radical (unpaired) electrons. The largest absolute Gasteiger partial charge is 0.452 e. The fraction of sp³-hybridized carbons (Fsp3) is 0.287. The van der Waals surface area contributed by atoms with E-state index in [1.165, 1.54) is 60.7 Å². The van der Waals surface area contributed by atoms with E-state index < -0.39 is 178 Å². The number of carbonyl (C=O) groups is 6. The maximum absolute atomic E-state index is 15.7. The third kappa shape index (κ3) is 21.6. The summed E-state index contributed by atoms with van der Waals surface area (Å²) in [5.74, 6) is -5.72. The molecule has 1 N–H and O–H groups in total. The van der Waals surface area contributed by atoms with Crippen LogP contribution in [0.15, 0.2) is 334 Å². The molecule has 0 aromatic heterocycles. The van der Waals surface area contributed by atoms with E-state index in [0.717, 1.165) is 5.56 Å². The summed E-state index contributed by atoms with van der Waals surface area (Å²) >= 11 is 0. The molecule has 658 valence electrons. The number of ether oxygens (including phenoxy) is 20. The van der Waals surface area contributed by atoms with Gasteiger partial charge < -0.3 is 99.8 Å². The lowest BCUT2D eigenvalue weighted by Crippen LogP contribution is -2.70. The van der Waals surface area contributed by atoms with Gasteiger partial charge in [0.1, 0.15) is 61.0 Å². The molecular formula is C101H92O27. The second-order valence-electron chi connectivity index (χ2n) is 31.0. The summed E-state index contributed by atoms with van der Waals surface area (Å²) in [6, 6.07) is 93.5. The first-order valence-electron chi connectivity index (χ1n) is 42.2. The van der Waals surface area contributed by atoms with Gasteiger partial charge in [0.25, 0.3) is 0 Å². The van der Waals surface area contributed by atoms with Crippen molar-refractivity contribution in [1.29, 1.82) is 0 Å². The van der Waals surface area contributed by atoms with E-state index in [9.17, 15) is 14.7 Å². The van der Waals surface area contributed by atoms with Gasteiger partial charge in [0, 0.05) is 11.1 Å². The molecule has 128 heavy (non-hydrogen) atoms. The van der Waals surface area contributed by atoms with Crippen LogP contribution in [0.25, 0.3) is 0 Å². The van der Waals surface area contributed by atoms with Crippen molar-refractivity contribution < 1.29 is 129 Å². The number of aliphatic hydroxyl groups is 1. The van der Waals surface area contributed by atoms with Gasteiger partial charge in [-0.1, -0.05) is 261 Å². The Bertz CT molecular complexity index is 5380. The normalized spacial score (nSPS) is 27.8. The number of esters is 6. The Balaban J connectivity index is 0.820. The van der Waals surface area contributed by atoms with Gasteiger partial charge in [-0.2, -0.15) is 0 Å². The van der Waals surface area contributed by atoms with Crippen LogP contribution in [0.4, 0.5) is 0 Å².